The van der Waals surface area contributed by atoms with Gasteiger partial charge >= 0.3 is 0 Å². The van der Waals surface area contributed by atoms with E-state index in [0.29, 0.717) is 30.8 Å². The Morgan fingerprint density at radius 3 is 2.23 bits per heavy atom. The van der Waals surface area contributed by atoms with E-state index in [0.717, 1.165) is 17.5 Å². The van der Waals surface area contributed by atoms with Crippen LogP contribution in [-0.4, -0.2) is 29.4 Å². The molecule has 0 fully saturated rings. The third-order valence-electron chi connectivity index (χ3n) is 4.88. The van der Waals surface area contributed by atoms with Crippen molar-refractivity contribution in [3.8, 4) is 0 Å². The molecule has 0 bridgehead atoms. The number of amides is 2. The Bertz CT molecular complexity index is 741. The molecule has 0 radical (unpaired) electrons. The molecule has 0 aromatic heterocycles. The molecule has 1 aromatic carbocycles. The van der Waals surface area contributed by atoms with Gasteiger partial charge in [-0.25, -0.2) is 0 Å². The van der Waals surface area contributed by atoms with Crippen LogP contribution in [0.3, 0.4) is 0 Å². The monoisotopic (exact) mass is 436 g/mol. The van der Waals surface area contributed by atoms with Crippen molar-refractivity contribution in [2.24, 2.45) is 5.92 Å². The lowest BCUT2D eigenvalue weighted by Gasteiger charge is -2.17. The Morgan fingerprint density at radius 1 is 1.00 bits per heavy atom. The fourth-order valence-corrected chi connectivity index (χ4v) is 3.16. The van der Waals surface area contributed by atoms with Gasteiger partial charge in [0.2, 0.25) is 11.8 Å². The highest BCUT2D eigenvalue weighted by atomic mass is 35.5. The van der Waals surface area contributed by atoms with Gasteiger partial charge in [0.1, 0.15) is 5.78 Å². The summed E-state index contributed by atoms with van der Waals surface area (Å²) in [4.78, 5) is 47.8. The van der Waals surface area contributed by atoms with Gasteiger partial charge in [-0.2, -0.15) is 0 Å². The number of alkyl halides is 1. The molecule has 1 rings (SSSR count). The maximum absolute atomic E-state index is 12.5. The van der Waals surface area contributed by atoms with Gasteiger partial charge in [-0.05, 0) is 56.4 Å². The maximum atomic E-state index is 12.5. The minimum absolute atomic E-state index is 0.0352. The number of nitrogens with one attached hydrogen (secondary N) is 2. The molecule has 1 aromatic rings. The number of Topliss-reactive ketones (excluding diaryl/α,β-unsaturated/α-hetero) is 2. The van der Waals surface area contributed by atoms with Crippen LogP contribution in [0, 0.1) is 5.92 Å². The lowest BCUT2D eigenvalue weighted by molar-refractivity contribution is -0.129. The number of carbonyl (C=O) groups excluding carboxylic acids is 4. The Morgan fingerprint density at radius 2 is 1.63 bits per heavy atom. The second kappa shape index (κ2) is 13.2. The van der Waals surface area contributed by atoms with E-state index in [9.17, 15) is 19.2 Å². The van der Waals surface area contributed by atoms with E-state index in [1.807, 2.05) is 25.1 Å². The van der Waals surface area contributed by atoms with Gasteiger partial charge in [-0.1, -0.05) is 19.9 Å². The van der Waals surface area contributed by atoms with Crippen LogP contribution in [0.2, 0.25) is 0 Å². The number of hydrogen-bond acceptors (Lipinski definition) is 4. The van der Waals surface area contributed by atoms with Crippen molar-refractivity contribution >= 4 is 40.7 Å². The van der Waals surface area contributed by atoms with Crippen molar-refractivity contribution in [3.05, 3.63) is 29.3 Å². The van der Waals surface area contributed by atoms with Gasteiger partial charge in [0.25, 0.3) is 0 Å². The number of ketones is 2. The number of hydrogen-bond donors (Lipinski definition) is 2. The van der Waals surface area contributed by atoms with E-state index in [2.05, 4.69) is 10.6 Å². The van der Waals surface area contributed by atoms with E-state index < -0.39 is 12.0 Å². The van der Waals surface area contributed by atoms with Crippen LogP contribution < -0.4 is 10.6 Å². The lowest BCUT2D eigenvalue weighted by Crippen LogP contribution is -2.39. The predicted octanol–water partition coefficient (Wildman–Crippen LogP) is 4.18. The van der Waals surface area contributed by atoms with E-state index in [4.69, 9.17) is 11.6 Å². The molecule has 0 aliphatic rings. The average Bonchev–Trinajstić information content (AvgIpc) is 2.70. The number of aryl methyl sites for hydroxylation is 1. The summed E-state index contributed by atoms with van der Waals surface area (Å²) in [6.07, 6.45) is 2.86. The molecule has 0 spiro atoms. The first kappa shape index (κ1) is 25.8. The first-order chi connectivity index (χ1) is 14.2. The quantitative estimate of drug-likeness (QED) is 0.358. The number of anilines is 1. The summed E-state index contributed by atoms with van der Waals surface area (Å²) in [5, 5.41) is 5.53. The zero-order chi connectivity index (χ0) is 22.7. The molecule has 166 valence electrons. The fourth-order valence-electron chi connectivity index (χ4n) is 3.01. The number of halogens is 1. The minimum atomic E-state index is -0.660. The van der Waals surface area contributed by atoms with Crippen LogP contribution in [0.4, 0.5) is 5.69 Å². The second-order valence-electron chi connectivity index (χ2n) is 7.78. The third kappa shape index (κ3) is 9.53. The van der Waals surface area contributed by atoms with Crippen LogP contribution in [0.5, 0.6) is 0 Å². The number of benzene rings is 1. The van der Waals surface area contributed by atoms with E-state index in [-0.39, 0.29) is 36.2 Å². The summed E-state index contributed by atoms with van der Waals surface area (Å²) in [6, 6.07) is 5.07. The van der Waals surface area contributed by atoms with Gasteiger partial charge in [0.15, 0.2) is 5.78 Å². The van der Waals surface area contributed by atoms with Gasteiger partial charge < -0.3 is 15.4 Å². The molecule has 6 nitrogen and oxygen atoms in total. The van der Waals surface area contributed by atoms with Crippen molar-refractivity contribution in [1.29, 1.82) is 0 Å². The summed E-state index contributed by atoms with van der Waals surface area (Å²) < 4.78 is 0. The first-order valence-corrected chi connectivity index (χ1v) is 11.0. The lowest BCUT2D eigenvalue weighted by atomic mass is 9.99. The molecule has 7 heteroatoms. The summed E-state index contributed by atoms with van der Waals surface area (Å²) in [5.41, 5.74) is 2.67. The smallest absolute Gasteiger partial charge is 0.227 e. The zero-order valence-corrected chi connectivity index (χ0v) is 19.1. The normalized spacial score (nSPS) is 12.7. The molecule has 0 heterocycles. The molecule has 0 aliphatic heterocycles. The molecule has 0 aliphatic carbocycles. The van der Waals surface area contributed by atoms with Crippen LogP contribution in [-0.2, 0) is 31.5 Å². The SMILES string of the molecule is CCc1cc(CCl)cc(NC(=O)[C@H](C)CC(=O)[C@H](C)NC(=O)CCCCC(C)=O)c1. The van der Waals surface area contributed by atoms with Crippen LogP contribution in [0.15, 0.2) is 18.2 Å². The van der Waals surface area contributed by atoms with Gasteiger partial charge in [0, 0.05) is 36.7 Å². The van der Waals surface area contributed by atoms with Crippen LogP contribution >= 0.6 is 11.6 Å². The molecule has 0 saturated carbocycles. The highest BCUT2D eigenvalue weighted by Crippen LogP contribution is 2.19. The van der Waals surface area contributed by atoms with Gasteiger partial charge in [-0.3, -0.25) is 14.4 Å². The van der Waals surface area contributed by atoms with Crippen molar-refractivity contribution in [2.75, 3.05) is 5.32 Å². The summed E-state index contributed by atoms with van der Waals surface area (Å²) in [5.74, 6) is -0.736. The van der Waals surface area contributed by atoms with E-state index in [1.54, 1.807) is 13.8 Å². The summed E-state index contributed by atoms with van der Waals surface area (Å²) >= 11 is 5.92. The molecule has 2 atom stereocenters. The standard InChI is InChI=1S/C23H33ClN2O4/c1-5-18-11-19(14-24)13-20(12-18)26-23(30)15(2)10-21(28)17(4)25-22(29)9-7-6-8-16(3)27/h11-13,15,17H,5-10,14H2,1-4H3,(H,25,29)(H,26,30)/t15-,17+/m1/s1. The van der Waals surface area contributed by atoms with Crippen molar-refractivity contribution < 1.29 is 19.2 Å². The Labute approximate surface area is 184 Å². The molecular formula is C23H33ClN2O4. The van der Waals surface area contributed by atoms with Gasteiger partial charge in [0.05, 0.1) is 6.04 Å². The fraction of sp³-hybridized carbons (Fsp3) is 0.565. The minimum Gasteiger partial charge on any atom is -0.347 e. The Hall–Kier alpha value is -2.21. The van der Waals surface area contributed by atoms with Gasteiger partial charge in [-0.15, -0.1) is 11.6 Å². The molecule has 0 saturated heterocycles. The Balaban J connectivity index is 2.51. The third-order valence-corrected chi connectivity index (χ3v) is 5.19. The van der Waals surface area contributed by atoms with Crippen LogP contribution in [0.25, 0.3) is 0 Å². The predicted molar refractivity (Wildman–Crippen MR) is 120 cm³/mol. The summed E-state index contributed by atoms with van der Waals surface area (Å²) in [7, 11) is 0. The van der Waals surface area contributed by atoms with Crippen LogP contribution in [0.1, 0.15) is 70.9 Å². The van der Waals surface area contributed by atoms with Crippen molar-refractivity contribution in [2.45, 2.75) is 78.1 Å². The van der Waals surface area contributed by atoms with E-state index in [1.165, 1.54) is 6.92 Å². The second-order valence-corrected chi connectivity index (χ2v) is 8.05. The molecule has 30 heavy (non-hydrogen) atoms. The largest absolute Gasteiger partial charge is 0.347 e. The van der Waals surface area contributed by atoms with Crippen molar-refractivity contribution in [3.63, 3.8) is 0 Å². The highest BCUT2D eigenvalue weighted by molar-refractivity contribution is 6.17. The maximum Gasteiger partial charge on any atom is 0.227 e. The molecule has 2 N–H and O–H groups in total. The number of carbonyl (C=O) groups is 4. The molecule has 2 amide bonds. The highest BCUT2D eigenvalue weighted by Gasteiger charge is 2.22. The Kier molecular flexibility index (Phi) is 11.3. The summed E-state index contributed by atoms with van der Waals surface area (Å²) in [6.45, 7) is 6.86. The van der Waals surface area contributed by atoms with E-state index >= 15 is 0 Å². The molecular weight excluding hydrogens is 404 g/mol. The molecule has 0 unspecified atom stereocenters. The van der Waals surface area contributed by atoms with Crippen molar-refractivity contribution in [1.82, 2.24) is 5.32 Å². The first-order valence-electron chi connectivity index (χ1n) is 10.5. The topological polar surface area (TPSA) is 92.3 Å². The number of rotatable bonds is 13. The zero-order valence-electron chi connectivity index (χ0n) is 18.3. The average molecular weight is 437 g/mol. The number of unbranched alkanes of at least 4 members (excludes halogenated alkanes) is 1.